The highest BCUT2D eigenvalue weighted by Gasteiger charge is 2.19. The van der Waals surface area contributed by atoms with Gasteiger partial charge in [-0.25, -0.2) is 0 Å². The molecule has 0 aliphatic heterocycles. The molecule has 90 valence electrons. The fraction of sp³-hybridized carbons (Fsp3) is 0.235. The van der Waals surface area contributed by atoms with E-state index in [1.807, 2.05) is 24.3 Å². The third-order valence-electron chi connectivity index (χ3n) is 3.84. The topological polar surface area (TPSA) is 17.1 Å². The molecule has 0 aromatic heterocycles. The first-order valence-electron chi connectivity index (χ1n) is 6.52. The van der Waals surface area contributed by atoms with E-state index in [1.54, 1.807) is 0 Å². The molecular weight excluding hydrogens is 220 g/mol. The van der Waals surface area contributed by atoms with Gasteiger partial charge in [0.05, 0.1) is 0 Å². The van der Waals surface area contributed by atoms with E-state index in [9.17, 15) is 4.79 Å². The summed E-state index contributed by atoms with van der Waals surface area (Å²) in [5.74, 6) is 0.763. The van der Waals surface area contributed by atoms with Crippen molar-refractivity contribution < 1.29 is 4.79 Å². The summed E-state index contributed by atoms with van der Waals surface area (Å²) in [5, 5.41) is 0. The van der Waals surface area contributed by atoms with Crippen LogP contribution in [0.5, 0.6) is 0 Å². The second-order valence-corrected chi connectivity index (χ2v) is 4.99. The van der Waals surface area contributed by atoms with E-state index in [4.69, 9.17) is 0 Å². The van der Waals surface area contributed by atoms with Crippen molar-refractivity contribution in [3.05, 3.63) is 59.7 Å². The molecule has 0 spiro atoms. The van der Waals surface area contributed by atoms with Crippen LogP contribution in [0.25, 0.3) is 11.1 Å². The Morgan fingerprint density at radius 2 is 1.72 bits per heavy atom. The number of aldehydes is 1. The van der Waals surface area contributed by atoms with Gasteiger partial charge in [-0.15, -0.1) is 0 Å². The van der Waals surface area contributed by atoms with Gasteiger partial charge in [-0.3, -0.25) is 4.79 Å². The summed E-state index contributed by atoms with van der Waals surface area (Å²) >= 11 is 0. The lowest BCUT2D eigenvalue weighted by molar-refractivity contribution is 0.112. The second-order valence-electron chi connectivity index (χ2n) is 4.99. The van der Waals surface area contributed by atoms with Crippen LogP contribution in [0.4, 0.5) is 0 Å². The summed E-state index contributed by atoms with van der Waals surface area (Å²) in [4.78, 5) is 10.6. The van der Waals surface area contributed by atoms with E-state index in [-0.39, 0.29) is 0 Å². The largest absolute Gasteiger partial charge is 0.298 e. The van der Waals surface area contributed by atoms with Gasteiger partial charge in [-0.1, -0.05) is 55.0 Å². The number of hydrogen-bond acceptors (Lipinski definition) is 1. The third kappa shape index (κ3) is 2.08. The smallest absolute Gasteiger partial charge is 0.150 e. The van der Waals surface area contributed by atoms with Gasteiger partial charge in [0.15, 0.2) is 0 Å². The summed E-state index contributed by atoms with van der Waals surface area (Å²) in [7, 11) is 0. The Morgan fingerprint density at radius 3 is 2.33 bits per heavy atom. The predicted molar refractivity (Wildman–Crippen MR) is 73.9 cm³/mol. The lowest BCUT2D eigenvalue weighted by Crippen LogP contribution is -2.08. The number of benzene rings is 2. The van der Waals surface area contributed by atoms with Crippen molar-refractivity contribution in [3.8, 4) is 11.1 Å². The first-order valence-corrected chi connectivity index (χ1v) is 6.52. The summed E-state index contributed by atoms with van der Waals surface area (Å²) in [6.07, 6.45) is 4.90. The molecule has 2 aromatic rings. The first kappa shape index (κ1) is 11.2. The molecule has 1 saturated carbocycles. The van der Waals surface area contributed by atoms with Crippen LogP contribution in [-0.4, -0.2) is 6.29 Å². The molecule has 0 bridgehead atoms. The molecule has 0 unspecified atom stereocenters. The highest BCUT2D eigenvalue weighted by Crippen LogP contribution is 2.37. The Hall–Kier alpha value is -1.89. The molecule has 1 fully saturated rings. The SMILES string of the molecule is O=Cc1ccc(-c2cccc(C3CCC3)c2)cc1. The van der Waals surface area contributed by atoms with Crippen molar-refractivity contribution in [3.63, 3.8) is 0 Å². The summed E-state index contributed by atoms with van der Waals surface area (Å²) in [6, 6.07) is 16.6. The van der Waals surface area contributed by atoms with Gasteiger partial charge in [0.25, 0.3) is 0 Å². The Bertz CT molecular complexity index is 550. The Balaban J connectivity index is 1.92. The molecule has 0 saturated heterocycles. The average Bonchev–Trinajstić information content (AvgIpc) is 2.37. The Morgan fingerprint density at radius 1 is 0.944 bits per heavy atom. The molecule has 0 N–H and O–H groups in total. The van der Waals surface area contributed by atoms with Crippen LogP contribution in [0, 0.1) is 0 Å². The minimum Gasteiger partial charge on any atom is -0.298 e. The number of rotatable bonds is 3. The second kappa shape index (κ2) is 4.77. The van der Waals surface area contributed by atoms with Crippen LogP contribution in [0.1, 0.15) is 41.1 Å². The van der Waals surface area contributed by atoms with Crippen LogP contribution in [0.2, 0.25) is 0 Å². The van der Waals surface area contributed by atoms with Crippen LogP contribution in [0.3, 0.4) is 0 Å². The van der Waals surface area contributed by atoms with Gasteiger partial charge in [0, 0.05) is 5.56 Å². The molecule has 1 aliphatic rings. The van der Waals surface area contributed by atoms with Crippen LogP contribution in [-0.2, 0) is 0 Å². The zero-order valence-corrected chi connectivity index (χ0v) is 10.3. The van der Waals surface area contributed by atoms with Crippen LogP contribution < -0.4 is 0 Å². The monoisotopic (exact) mass is 236 g/mol. The summed E-state index contributed by atoms with van der Waals surface area (Å²) < 4.78 is 0. The van der Waals surface area contributed by atoms with E-state index in [0.29, 0.717) is 0 Å². The van der Waals surface area contributed by atoms with Crippen molar-refractivity contribution in [1.82, 2.24) is 0 Å². The van der Waals surface area contributed by atoms with Gasteiger partial charge in [0.1, 0.15) is 6.29 Å². The molecule has 1 aliphatic carbocycles. The molecular formula is C17H16O. The molecule has 18 heavy (non-hydrogen) atoms. The molecule has 1 heteroatoms. The van der Waals surface area contributed by atoms with Crippen molar-refractivity contribution in [2.24, 2.45) is 0 Å². The quantitative estimate of drug-likeness (QED) is 0.720. The Kier molecular flexibility index (Phi) is 2.97. The molecule has 2 aromatic carbocycles. The van der Waals surface area contributed by atoms with Gasteiger partial charge in [-0.2, -0.15) is 0 Å². The van der Waals surface area contributed by atoms with Crippen LogP contribution in [0.15, 0.2) is 48.5 Å². The molecule has 3 rings (SSSR count). The molecule has 0 amide bonds. The molecule has 1 nitrogen and oxygen atoms in total. The highest BCUT2D eigenvalue weighted by atomic mass is 16.1. The van der Waals surface area contributed by atoms with Crippen molar-refractivity contribution in [2.75, 3.05) is 0 Å². The van der Waals surface area contributed by atoms with E-state index >= 15 is 0 Å². The maximum atomic E-state index is 10.6. The van der Waals surface area contributed by atoms with E-state index < -0.39 is 0 Å². The van der Waals surface area contributed by atoms with Crippen LogP contribution >= 0.6 is 0 Å². The maximum absolute atomic E-state index is 10.6. The third-order valence-corrected chi connectivity index (χ3v) is 3.84. The molecule has 0 heterocycles. The lowest BCUT2D eigenvalue weighted by atomic mass is 9.79. The van der Waals surface area contributed by atoms with Crippen molar-refractivity contribution >= 4 is 6.29 Å². The fourth-order valence-electron chi connectivity index (χ4n) is 2.47. The van der Waals surface area contributed by atoms with Crippen molar-refractivity contribution in [2.45, 2.75) is 25.2 Å². The number of hydrogen-bond donors (Lipinski definition) is 0. The van der Waals surface area contributed by atoms with Gasteiger partial charge in [0.2, 0.25) is 0 Å². The van der Waals surface area contributed by atoms with Gasteiger partial charge in [-0.05, 0) is 35.4 Å². The minimum atomic E-state index is 0.730. The average molecular weight is 236 g/mol. The van der Waals surface area contributed by atoms with Gasteiger partial charge < -0.3 is 0 Å². The van der Waals surface area contributed by atoms with Crippen molar-refractivity contribution in [1.29, 1.82) is 0 Å². The highest BCUT2D eigenvalue weighted by molar-refractivity contribution is 5.77. The zero-order valence-electron chi connectivity index (χ0n) is 10.3. The molecule has 0 atom stereocenters. The lowest BCUT2D eigenvalue weighted by Gasteiger charge is -2.26. The predicted octanol–water partition coefficient (Wildman–Crippen LogP) is 4.43. The number of carbonyl (C=O) groups is 1. The summed E-state index contributed by atoms with van der Waals surface area (Å²) in [6.45, 7) is 0. The van der Waals surface area contributed by atoms with Gasteiger partial charge >= 0.3 is 0 Å². The zero-order chi connectivity index (χ0) is 12.4. The van der Waals surface area contributed by atoms with E-state index in [2.05, 4.69) is 24.3 Å². The minimum absolute atomic E-state index is 0.730. The normalized spacial score (nSPS) is 15.1. The van der Waals surface area contributed by atoms with E-state index in [1.165, 1.54) is 36.0 Å². The maximum Gasteiger partial charge on any atom is 0.150 e. The molecule has 0 radical (unpaired) electrons. The first-order chi connectivity index (χ1) is 8.86. The van der Waals surface area contributed by atoms with E-state index in [0.717, 1.165) is 17.8 Å². The Labute approximate surface area is 107 Å². The fourth-order valence-corrected chi connectivity index (χ4v) is 2.47. The number of carbonyl (C=O) groups excluding carboxylic acids is 1. The standard InChI is InChI=1S/C17H16O/c18-12-13-7-9-15(10-8-13)17-6-2-5-16(11-17)14-3-1-4-14/h2,5-12,14H,1,3-4H2. The summed E-state index contributed by atoms with van der Waals surface area (Å²) in [5.41, 5.74) is 4.62.